The van der Waals surface area contributed by atoms with Crippen LogP contribution in [0, 0.1) is 11.3 Å². The zero-order valence-electron chi connectivity index (χ0n) is 12.2. The van der Waals surface area contributed by atoms with Crippen LogP contribution in [-0.2, 0) is 9.59 Å². The van der Waals surface area contributed by atoms with Gasteiger partial charge in [0, 0.05) is 7.05 Å². The minimum atomic E-state index is -0.197. The topological polar surface area (TPSA) is 58.2 Å². The number of likely N-dealkylation sites (N-methyl/N-ethyl adjacent to an activating group) is 1. The van der Waals surface area contributed by atoms with E-state index in [0.29, 0.717) is 11.8 Å². The minimum absolute atomic E-state index is 0.0556. The molecule has 1 fully saturated rings. The second-order valence-electron chi connectivity index (χ2n) is 5.87. The highest BCUT2D eigenvalue weighted by atomic mass is 16.2. The van der Waals surface area contributed by atoms with Crippen molar-refractivity contribution < 1.29 is 9.59 Å². The molecule has 0 radical (unpaired) electrons. The molecule has 1 rings (SSSR count). The lowest BCUT2D eigenvalue weighted by Gasteiger charge is -2.33. The van der Waals surface area contributed by atoms with Crippen LogP contribution in [0.5, 0.6) is 0 Å². The monoisotopic (exact) mass is 256 g/mol. The van der Waals surface area contributed by atoms with E-state index >= 15 is 0 Å². The highest BCUT2D eigenvalue weighted by Crippen LogP contribution is 2.37. The maximum absolute atomic E-state index is 10.2. The van der Waals surface area contributed by atoms with Crippen molar-refractivity contribution in [3.8, 4) is 0 Å². The van der Waals surface area contributed by atoms with Crippen LogP contribution >= 0.6 is 0 Å². The molecule has 4 heteroatoms. The fraction of sp³-hybridized carbons (Fsp3) is 0.857. The molecule has 0 saturated heterocycles. The zero-order chi connectivity index (χ0) is 14.0. The van der Waals surface area contributed by atoms with Gasteiger partial charge in [0.25, 0.3) is 0 Å². The highest BCUT2D eigenvalue weighted by Gasteiger charge is 2.25. The Morgan fingerprint density at radius 3 is 2.11 bits per heavy atom. The molecular formula is C14H28N2O2. The Morgan fingerprint density at radius 2 is 1.78 bits per heavy atom. The number of rotatable bonds is 3. The predicted octanol–water partition coefficient (Wildman–Crippen LogP) is 2.09. The summed E-state index contributed by atoms with van der Waals surface area (Å²) in [6, 6.07) is 0. The Bertz CT molecular complexity index is 241. The van der Waals surface area contributed by atoms with Gasteiger partial charge < -0.3 is 10.6 Å². The van der Waals surface area contributed by atoms with Gasteiger partial charge in [0.2, 0.25) is 12.3 Å². The van der Waals surface area contributed by atoms with Gasteiger partial charge in [0.15, 0.2) is 0 Å². The average molecular weight is 256 g/mol. The molecule has 0 bridgehead atoms. The maximum atomic E-state index is 10.2. The third-order valence-corrected chi connectivity index (χ3v) is 3.45. The molecule has 0 aromatic rings. The fourth-order valence-corrected chi connectivity index (χ4v) is 2.19. The average Bonchev–Trinajstić information content (AvgIpc) is 2.36. The molecule has 0 atom stereocenters. The second kappa shape index (κ2) is 8.95. The number of carbonyl (C=O) groups excluding carboxylic acids is 2. The minimum Gasteiger partial charge on any atom is -0.358 e. The van der Waals surface area contributed by atoms with Gasteiger partial charge in [-0.25, -0.2) is 0 Å². The summed E-state index contributed by atoms with van der Waals surface area (Å²) in [5.41, 5.74) is 0.570. The Morgan fingerprint density at radius 1 is 1.22 bits per heavy atom. The largest absolute Gasteiger partial charge is 0.358 e. The Balaban J connectivity index is 0.000000331. The quantitative estimate of drug-likeness (QED) is 0.760. The van der Waals surface area contributed by atoms with E-state index in [2.05, 4.69) is 31.4 Å². The van der Waals surface area contributed by atoms with E-state index in [4.69, 9.17) is 0 Å². The van der Waals surface area contributed by atoms with Crippen molar-refractivity contribution in [2.75, 3.05) is 13.6 Å². The first-order chi connectivity index (χ1) is 8.41. The number of hydrogen-bond donors (Lipinski definition) is 2. The molecule has 0 aliphatic heterocycles. The first-order valence-corrected chi connectivity index (χ1v) is 6.79. The van der Waals surface area contributed by atoms with Gasteiger partial charge in [-0.2, -0.15) is 0 Å². The van der Waals surface area contributed by atoms with Crippen LogP contribution in [0.4, 0.5) is 0 Å². The van der Waals surface area contributed by atoms with Crippen LogP contribution in [0.25, 0.3) is 0 Å². The lowest BCUT2D eigenvalue weighted by molar-refractivity contribution is -0.121. The summed E-state index contributed by atoms with van der Waals surface area (Å²) in [5, 5.41) is 4.55. The van der Waals surface area contributed by atoms with Crippen LogP contribution < -0.4 is 10.6 Å². The van der Waals surface area contributed by atoms with Crippen LogP contribution in [0.15, 0.2) is 0 Å². The number of hydrogen-bond acceptors (Lipinski definition) is 2. The third kappa shape index (κ3) is 8.09. The molecule has 2 N–H and O–H groups in total. The molecule has 0 unspecified atom stereocenters. The lowest BCUT2D eigenvalue weighted by Crippen LogP contribution is -2.30. The van der Waals surface area contributed by atoms with Crippen molar-refractivity contribution >= 4 is 12.3 Å². The van der Waals surface area contributed by atoms with Crippen molar-refractivity contribution in [1.82, 2.24) is 10.6 Å². The summed E-state index contributed by atoms with van der Waals surface area (Å²) in [4.78, 5) is 19.8. The van der Waals surface area contributed by atoms with Gasteiger partial charge in [-0.1, -0.05) is 40.0 Å². The Labute approximate surface area is 111 Å². The van der Waals surface area contributed by atoms with E-state index in [0.717, 1.165) is 5.92 Å². The lowest BCUT2D eigenvalue weighted by atomic mass is 9.72. The van der Waals surface area contributed by atoms with E-state index in [1.54, 1.807) is 0 Å². The number of nitrogens with one attached hydrogen (secondary N) is 2. The smallest absolute Gasteiger partial charge is 0.239 e. The SMILES string of the molecule is CC(C)(C)C1CCCCC1.CNC(=O)CNC=O. The molecule has 18 heavy (non-hydrogen) atoms. The van der Waals surface area contributed by atoms with Crippen molar-refractivity contribution in [1.29, 1.82) is 0 Å². The maximum Gasteiger partial charge on any atom is 0.239 e. The van der Waals surface area contributed by atoms with Crippen LogP contribution in [0.2, 0.25) is 0 Å². The molecule has 1 saturated carbocycles. The molecular weight excluding hydrogens is 228 g/mol. The summed E-state index contributed by atoms with van der Waals surface area (Å²) in [6.45, 7) is 7.19. The second-order valence-corrected chi connectivity index (χ2v) is 5.87. The molecule has 1 aliphatic rings. The Hall–Kier alpha value is -1.06. The number of carbonyl (C=O) groups is 2. The highest BCUT2D eigenvalue weighted by molar-refractivity contribution is 5.79. The van der Waals surface area contributed by atoms with Crippen molar-refractivity contribution in [3.63, 3.8) is 0 Å². The summed E-state index contributed by atoms with van der Waals surface area (Å²) in [5.74, 6) is 0.804. The summed E-state index contributed by atoms with van der Waals surface area (Å²) in [7, 11) is 1.51. The van der Waals surface area contributed by atoms with E-state index in [1.165, 1.54) is 39.2 Å². The van der Waals surface area contributed by atoms with Gasteiger partial charge in [0.05, 0.1) is 6.54 Å². The first-order valence-electron chi connectivity index (χ1n) is 6.79. The number of amides is 2. The third-order valence-electron chi connectivity index (χ3n) is 3.45. The molecule has 0 heterocycles. The van der Waals surface area contributed by atoms with Gasteiger partial charge in [-0.15, -0.1) is 0 Å². The van der Waals surface area contributed by atoms with Crippen LogP contribution in [0.1, 0.15) is 52.9 Å². The van der Waals surface area contributed by atoms with Crippen LogP contribution in [-0.4, -0.2) is 25.9 Å². The molecule has 2 amide bonds. The van der Waals surface area contributed by atoms with Crippen molar-refractivity contribution in [2.45, 2.75) is 52.9 Å². The molecule has 1 aliphatic carbocycles. The molecule has 0 aromatic heterocycles. The van der Waals surface area contributed by atoms with Crippen LogP contribution in [0.3, 0.4) is 0 Å². The van der Waals surface area contributed by atoms with Crippen molar-refractivity contribution in [3.05, 3.63) is 0 Å². The Kier molecular flexibility index (Phi) is 8.42. The van der Waals surface area contributed by atoms with E-state index in [-0.39, 0.29) is 12.5 Å². The summed E-state index contributed by atoms with van der Waals surface area (Å²) >= 11 is 0. The van der Waals surface area contributed by atoms with Gasteiger partial charge in [0.1, 0.15) is 0 Å². The van der Waals surface area contributed by atoms with Crippen molar-refractivity contribution in [2.24, 2.45) is 11.3 Å². The first kappa shape index (κ1) is 16.9. The van der Waals surface area contributed by atoms with E-state index in [9.17, 15) is 9.59 Å². The zero-order valence-corrected chi connectivity index (χ0v) is 12.2. The molecule has 106 valence electrons. The summed E-state index contributed by atoms with van der Waals surface area (Å²) < 4.78 is 0. The fourth-order valence-electron chi connectivity index (χ4n) is 2.19. The standard InChI is InChI=1S/C10H20.C4H8N2O2/c1-10(2,3)9-7-5-4-6-8-9;1-5-4(8)2-6-3-7/h9H,4-8H2,1-3H3;3H,2H2,1H3,(H,5,8)(H,6,7). The van der Waals surface area contributed by atoms with Gasteiger partial charge in [-0.3, -0.25) is 9.59 Å². The predicted molar refractivity (Wildman–Crippen MR) is 74.2 cm³/mol. The van der Waals surface area contributed by atoms with Gasteiger partial charge in [-0.05, 0) is 24.2 Å². The van der Waals surface area contributed by atoms with Gasteiger partial charge >= 0.3 is 0 Å². The summed E-state index contributed by atoms with van der Waals surface area (Å²) in [6.07, 6.45) is 7.86. The molecule has 0 aromatic carbocycles. The molecule has 0 spiro atoms. The molecule has 4 nitrogen and oxygen atoms in total. The normalized spacial score (nSPS) is 16.2. The van der Waals surface area contributed by atoms with E-state index < -0.39 is 0 Å². The van der Waals surface area contributed by atoms with E-state index in [1.807, 2.05) is 0 Å².